The van der Waals surface area contributed by atoms with E-state index >= 15 is 0 Å². The van der Waals surface area contributed by atoms with E-state index in [-0.39, 0.29) is 11.8 Å². The topological polar surface area (TPSA) is 49.4 Å². The summed E-state index contributed by atoms with van der Waals surface area (Å²) >= 11 is 0. The van der Waals surface area contributed by atoms with Crippen LogP contribution in [0.15, 0.2) is 30.3 Å². The van der Waals surface area contributed by atoms with Gasteiger partial charge < -0.3 is 10.2 Å². The van der Waals surface area contributed by atoms with Crippen LogP contribution in [-0.4, -0.2) is 29.3 Å². The third-order valence-corrected chi connectivity index (χ3v) is 3.24. The van der Waals surface area contributed by atoms with E-state index in [1.165, 1.54) is 0 Å². The van der Waals surface area contributed by atoms with E-state index in [1.54, 1.807) is 4.90 Å². The number of hydrogen-bond acceptors (Lipinski definition) is 2. The summed E-state index contributed by atoms with van der Waals surface area (Å²) < 4.78 is 0. The highest BCUT2D eigenvalue weighted by molar-refractivity contribution is 5.87. The lowest BCUT2D eigenvalue weighted by atomic mass is 10.1. The Morgan fingerprint density at radius 2 is 1.80 bits per heavy atom. The molecule has 0 aliphatic heterocycles. The first-order chi connectivity index (χ1) is 9.63. The molecule has 4 nitrogen and oxygen atoms in total. The van der Waals surface area contributed by atoms with Crippen molar-refractivity contribution in [1.29, 1.82) is 0 Å². The SMILES string of the molecule is CCNC(=O)C(CC)N(Cc1ccccc1)C(=O)CC. The molecule has 0 bridgehead atoms. The third kappa shape index (κ3) is 4.37. The molecule has 110 valence electrons. The number of rotatable bonds is 7. The Kier molecular flexibility index (Phi) is 6.77. The minimum absolute atomic E-state index is 0.00644. The van der Waals surface area contributed by atoms with Crippen molar-refractivity contribution in [3.8, 4) is 0 Å². The molecule has 0 aromatic heterocycles. The Labute approximate surface area is 121 Å². The van der Waals surface area contributed by atoms with Crippen molar-refractivity contribution < 1.29 is 9.59 Å². The highest BCUT2D eigenvalue weighted by atomic mass is 16.2. The average Bonchev–Trinajstić information content (AvgIpc) is 2.47. The van der Waals surface area contributed by atoms with Crippen LogP contribution in [0.3, 0.4) is 0 Å². The first-order valence-electron chi connectivity index (χ1n) is 7.25. The summed E-state index contributed by atoms with van der Waals surface area (Å²) in [6, 6.07) is 9.37. The van der Waals surface area contributed by atoms with Crippen molar-refractivity contribution in [3.63, 3.8) is 0 Å². The predicted molar refractivity (Wildman–Crippen MR) is 80.0 cm³/mol. The van der Waals surface area contributed by atoms with E-state index < -0.39 is 6.04 Å². The van der Waals surface area contributed by atoms with Crippen molar-refractivity contribution in [2.24, 2.45) is 0 Å². The molecule has 1 aromatic rings. The van der Waals surface area contributed by atoms with Gasteiger partial charge >= 0.3 is 0 Å². The van der Waals surface area contributed by atoms with Gasteiger partial charge in [-0.15, -0.1) is 0 Å². The molecule has 20 heavy (non-hydrogen) atoms. The van der Waals surface area contributed by atoms with Crippen molar-refractivity contribution >= 4 is 11.8 Å². The number of carbonyl (C=O) groups excluding carboxylic acids is 2. The zero-order chi connectivity index (χ0) is 15.0. The number of nitrogens with one attached hydrogen (secondary N) is 1. The first kappa shape index (κ1) is 16.2. The lowest BCUT2D eigenvalue weighted by molar-refractivity contribution is -0.141. The lowest BCUT2D eigenvalue weighted by Gasteiger charge is -2.30. The molecule has 0 heterocycles. The van der Waals surface area contributed by atoms with E-state index in [2.05, 4.69) is 5.32 Å². The van der Waals surface area contributed by atoms with Gasteiger partial charge in [0.15, 0.2) is 0 Å². The minimum atomic E-state index is -0.400. The second-order valence-corrected chi connectivity index (χ2v) is 4.68. The van der Waals surface area contributed by atoms with Gasteiger partial charge in [-0.2, -0.15) is 0 Å². The van der Waals surface area contributed by atoms with Crippen LogP contribution in [0.25, 0.3) is 0 Å². The average molecular weight is 276 g/mol. The van der Waals surface area contributed by atoms with Gasteiger partial charge in [-0.1, -0.05) is 44.2 Å². The highest BCUT2D eigenvalue weighted by Gasteiger charge is 2.27. The molecule has 0 radical (unpaired) electrons. The van der Waals surface area contributed by atoms with Crippen LogP contribution >= 0.6 is 0 Å². The molecule has 0 fully saturated rings. The van der Waals surface area contributed by atoms with Crippen molar-refractivity contribution in [3.05, 3.63) is 35.9 Å². The summed E-state index contributed by atoms with van der Waals surface area (Å²) in [6.45, 7) is 6.69. The quantitative estimate of drug-likeness (QED) is 0.831. The maximum absolute atomic E-state index is 12.2. The van der Waals surface area contributed by atoms with Crippen LogP contribution in [-0.2, 0) is 16.1 Å². The maximum Gasteiger partial charge on any atom is 0.242 e. The molecule has 0 aliphatic rings. The molecule has 0 spiro atoms. The molecule has 0 saturated carbocycles. The maximum atomic E-state index is 12.2. The Bertz CT molecular complexity index is 431. The van der Waals surface area contributed by atoms with E-state index in [9.17, 15) is 9.59 Å². The largest absolute Gasteiger partial charge is 0.355 e. The minimum Gasteiger partial charge on any atom is -0.355 e. The Hall–Kier alpha value is -1.84. The normalized spacial score (nSPS) is 11.8. The van der Waals surface area contributed by atoms with E-state index in [0.29, 0.717) is 25.9 Å². The van der Waals surface area contributed by atoms with Crippen LogP contribution in [0.5, 0.6) is 0 Å². The summed E-state index contributed by atoms with van der Waals surface area (Å²) in [4.78, 5) is 26.0. The molecular formula is C16H24N2O2. The molecule has 4 heteroatoms. The Morgan fingerprint density at radius 1 is 1.15 bits per heavy atom. The van der Waals surface area contributed by atoms with Gasteiger partial charge in [0, 0.05) is 19.5 Å². The molecule has 1 N–H and O–H groups in total. The van der Waals surface area contributed by atoms with Crippen LogP contribution in [0, 0.1) is 0 Å². The van der Waals surface area contributed by atoms with Gasteiger partial charge in [-0.25, -0.2) is 0 Å². The number of likely N-dealkylation sites (N-methyl/N-ethyl adjacent to an activating group) is 1. The first-order valence-corrected chi connectivity index (χ1v) is 7.25. The van der Waals surface area contributed by atoms with E-state index in [1.807, 2.05) is 51.1 Å². The molecule has 0 saturated heterocycles. The molecule has 1 aromatic carbocycles. The fraction of sp³-hybridized carbons (Fsp3) is 0.500. The summed E-state index contributed by atoms with van der Waals surface area (Å²) in [5.74, 6) is -0.0697. The van der Waals surface area contributed by atoms with Crippen LogP contribution < -0.4 is 5.32 Å². The lowest BCUT2D eigenvalue weighted by Crippen LogP contribution is -2.48. The monoisotopic (exact) mass is 276 g/mol. The molecular weight excluding hydrogens is 252 g/mol. The molecule has 1 atom stereocenters. The number of nitrogens with zero attached hydrogens (tertiary/aromatic N) is 1. The summed E-state index contributed by atoms with van der Waals surface area (Å²) in [6.07, 6.45) is 1.02. The number of hydrogen-bond donors (Lipinski definition) is 1. The van der Waals surface area contributed by atoms with E-state index in [4.69, 9.17) is 0 Å². The van der Waals surface area contributed by atoms with Gasteiger partial charge in [-0.3, -0.25) is 9.59 Å². The van der Waals surface area contributed by atoms with Crippen molar-refractivity contribution in [2.45, 2.75) is 46.2 Å². The fourth-order valence-electron chi connectivity index (χ4n) is 2.19. The summed E-state index contributed by atoms with van der Waals surface area (Å²) in [7, 11) is 0. The third-order valence-electron chi connectivity index (χ3n) is 3.24. The summed E-state index contributed by atoms with van der Waals surface area (Å²) in [5.41, 5.74) is 1.04. The van der Waals surface area contributed by atoms with Crippen molar-refractivity contribution in [1.82, 2.24) is 10.2 Å². The van der Waals surface area contributed by atoms with Gasteiger partial charge in [0.25, 0.3) is 0 Å². The zero-order valence-corrected chi connectivity index (χ0v) is 12.6. The number of carbonyl (C=O) groups is 2. The van der Waals surface area contributed by atoms with Gasteiger partial charge in [0.05, 0.1) is 0 Å². The molecule has 1 rings (SSSR count). The van der Waals surface area contributed by atoms with Gasteiger partial charge in [0.2, 0.25) is 11.8 Å². The fourth-order valence-corrected chi connectivity index (χ4v) is 2.19. The highest BCUT2D eigenvalue weighted by Crippen LogP contribution is 2.13. The second-order valence-electron chi connectivity index (χ2n) is 4.68. The molecule has 2 amide bonds. The second kappa shape index (κ2) is 8.35. The standard InChI is InChI=1S/C16H24N2O2/c1-4-14(16(20)17-6-3)18(15(19)5-2)12-13-10-8-7-9-11-13/h7-11,14H,4-6,12H2,1-3H3,(H,17,20). The molecule has 1 unspecified atom stereocenters. The van der Waals surface area contributed by atoms with Gasteiger partial charge in [-0.05, 0) is 18.9 Å². The smallest absolute Gasteiger partial charge is 0.242 e. The Balaban J connectivity index is 2.92. The Morgan fingerprint density at radius 3 is 2.30 bits per heavy atom. The number of amides is 2. The van der Waals surface area contributed by atoms with Crippen LogP contribution in [0.4, 0.5) is 0 Å². The molecule has 0 aliphatic carbocycles. The van der Waals surface area contributed by atoms with Crippen molar-refractivity contribution in [2.75, 3.05) is 6.54 Å². The van der Waals surface area contributed by atoms with Crippen LogP contribution in [0.2, 0.25) is 0 Å². The zero-order valence-electron chi connectivity index (χ0n) is 12.6. The van der Waals surface area contributed by atoms with Crippen LogP contribution in [0.1, 0.15) is 39.2 Å². The number of benzene rings is 1. The predicted octanol–water partition coefficient (Wildman–Crippen LogP) is 2.34. The summed E-state index contributed by atoms with van der Waals surface area (Å²) in [5, 5.41) is 2.81. The van der Waals surface area contributed by atoms with Gasteiger partial charge in [0.1, 0.15) is 6.04 Å². The van der Waals surface area contributed by atoms with E-state index in [0.717, 1.165) is 5.56 Å².